The fourth-order valence-electron chi connectivity index (χ4n) is 3.78. The van der Waals surface area contributed by atoms with Crippen LogP contribution < -0.4 is 15.4 Å². The molecule has 1 aromatic heterocycles. The normalized spacial score (nSPS) is 13.7. The number of rotatable bonds is 6. The molecule has 0 aliphatic carbocycles. The molecule has 1 fully saturated rings. The van der Waals surface area contributed by atoms with E-state index in [0.717, 1.165) is 6.07 Å². The van der Waals surface area contributed by atoms with Gasteiger partial charge in [-0.2, -0.15) is 8.78 Å². The number of nitrogens with one attached hydrogen (secondary N) is 2. The highest BCUT2D eigenvalue weighted by atomic mass is 35.5. The second kappa shape index (κ2) is 10.8. The number of benzene rings is 2. The third-order valence-corrected chi connectivity index (χ3v) is 6.27. The van der Waals surface area contributed by atoms with E-state index in [1.54, 1.807) is 11.0 Å². The van der Waals surface area contributed by atoms with E-state index in [0.29, 0.717) is 37.4 Å². The molecule has 0 bridgehead atoms. The van der Waals surface area contributed by atoms with E-state index < -0.39 is 29.1 Å². The standard InChI is InChI=1S/C23H20Cl2F3N5O3/c1-32-16(14-4-5-17(36-23(27)28)19(26)18(14)25)11-30-20(32)21(34)31-12-2-3-13(15(24)10-12)22(35)33-8-6-29-7-9-33/h2-5,10-11,23,29H,6-9H2,1H3,(H,31,34). The molecule has 1 aliphatic rings. The van der Waals surface area contributed by atoms with Gasteiger partial charge in [0.1, 0.15) is 0 Å². The minimum absolute atomic E-state index is 0.0357. The Morgan fingerprint density at radius 2 is 1.89 bits per heavy atom. The van der Waals surface area contributed by atoms with Gasteiger partial charge in [-0.15, -0.1) is 0 Å². The van der Waals surface area contributed by atoms with Crippen molar-refractivity contribution in [3.05, 3.63) is 63.8 Å². The highest BCUT2D eigenvalue weighted by molar-refractivity contribution is 6.34. The molecule has 1 saturated heterocycles. The molecule has 190 valence electrons. The van der Waals surface area contributed by atoms with Gasteiger partial charge in [0.2, 0.25) is 0 Å². The van der Waals surface area contributed by atoms with Crippen LogP contribution in [0, 0.1) is 5.82 Å². The van der Waals surface area contributed by atoms with Gasteiger partial charge in [0.15, 0.2) is 17.4 Å². The number of alkyl halides is 2. The predicted octanol–water partition coefficient (Wildman–Crippen LogP) is 4.43. The van der Waals surface area contributed by atoms with E-state index in [1.807, 2.05) is 0 Å². The summed E-state index contributed by atoms with van der Waals surface area (Å²) in [5.41, 5.74) is 1.06. The molecule has 4 rings (SSSR count). The lowest BCUT2D eigenvalue weighted by molar-refractivity contribution is -0.0521. The third kappa shape index (κ3) is 5.28. The van der Waals surface area contributed by atoms with Crippen molar-refractivity contribution in [2.24, 2.45) is 7.05 Å². The maximum absolute atomic E-state index is 14.4. The van der Waals surface area contributed by atoms with Gasteiger partial charge in [-0.25, -0.2) is 9.37 Å². The smallest absolute Gasteiger partial charge is 0.387 e. The largest absolute Gasteiger partial charge is 0.432 e. The van der Waals surface area contributed by atoms with Crippen LogP contribution in [0.4, 0.5) is 18.9 Å². The number of halogens is 5. The average Bonchev–Trinajstić information content (AvgIpc) is 3.23. The second-order valence-corrected chi connectivity index (χ2v) is 8.62. The highest BCUT2D eigenvalue weighted by Crippen LogP contribution is 2.35. The number of piperazine rings is 1. The number of imidazole rings is 1. The number of hydrogen-bond donors (Lipinski definition) is 2. The molecular weight excluding hydrogens is 522 g/mol. The fourth-order valence-corrected chi connectivity index (χ4v) is 4.29. The lowest BCUT2D eigenvalue weighted by Crippen LogP contribution is -2.46. The number of ether oxygens (including phenoxy) is 1. The van der Waals surface area contributed by atoms with Crippen LogP contribution in [-0.2, 0) is 7.05 Å². The molecule has 2 amide bonds. The number of carbonyl (C=O) groups excluding carboxylic acids is 2. The Morgan fingerprint density at radius 1 is 1.17 bits per heavy atom. The maximum atomic E-state index is 14.4. The summed E-state index contributed by atoms with van der Waals surface area (Å²) in [5.74, 6) is -2.69. The first-order valence-corrected chi connectivity index (χ1v) is 11.5. The van der Waals surface area contributed by atoms with Crippen molar-refractivity contribution in [3.63, 3.8) is 0 Å². The lowest BCUT2D eigenvalue weighted by Gasteiger charge is -2.27. The van der Waals surface area contributed by atoms with Crippen molar-refractivity contribution in [1.82, 2.24) is 19.8 Å². The summed E-state index contributed by atoms with van der Waals surface area (Å²) in [6.45, 7) is -0.657. The van der Waals surface area contributed by atoms with E-state index in [2.05, 4.69) is 20.4 Å². The summed E-state index contributed by atoms with van der Waals surface area (Å²) in [6, 6.07) is 6.86. The number of hydrogen-bond acceptors (Lipinski definition) is 5. The SMILES string of the molecule is Cn1c(-c2ccc(OC(F)F)c(F)c2Cl)cnc1C(=O)Nc1ccc(C(=O)N2CCNCC2)c(Cl)c1. The van der Waals surface area contributed by atoms with E-state index in [9.17, 15) is 22.8 Å². The van der Waals surface area contributed by atoms with Gasteiger partial charge in [0.25, 0.3) is 11.8 Å². The van der Waals surface area contributed by atoms with E-state index >= 15 is 0 Å². The Balaban J connectivity index is 1.52. The zero-order chi connectivity index (χ0) is 26.0. The molecule has 0 atom stereocenters. The third-order valence-electron chi connectivity index (χ3n) is 5.59. The van der Waals surface area contributed by atoms with Gasteiger partial charge in [-0.3, -0.25) is 9.59 Å². The Hall–Kier alpha value is -3.28. The topological polar surface area (TPSA) is 88.5 Å². The number of nitrogens with zero attached hydrogens (tertiary/aromatic N) is 3. The molecule has 36 heavy (non-hydrogen) atoms. The van der Waals surface area contributed by atoms with E-state index in [1.165, 1.54) is 36.0 Å². The van der Waals surface area contributed by atoms with Crippen molar-refractivity contribution >= 4 is 40.7 Å². The van der Waals surface area contributed by atoms with Gasteiger partial charge in [0, 0.05) is 44.5 Å². The van der Waals surface area contributed by atoms with Gasteiger partial charge >= 0.3 is 6.61 Å². The van der Waals surface area contributed by atoms with Crippen molar-refractivity contribution in [1.29, 1.82) is 0 Å². The van der Waals surface area contributed by atoms with Crippen LogP contribution in [0.3, 0.4) is 0 Å². The van der Waals surface area contributed by atoms with E-state index in [-0.39, 0.29) is 28.0 Å². The zero-order valence-corrected chi connectivity index (χ0v) is 20.3. The molecular formula is C23H20Cl2F3N5O3. The van der Waals surface area contributed by atoms with Gasteiger partial charge in [-0.1, -0.05) is 23.2 Å². The van der Waals surface area contributed by atoms with Gasteiger partial charge in [-0.05, 0) is 30.3 Å². The predicted molar refractivity (Wildman–Crippen MR) is 128 cm³/mol. The lowest BCUT2D eigenvalue weighted by atomic mass is 10.1. The Kier molecular flexibility index (Phi) is 7.72. The number of aromatic nitrogens is 2. The molecule has 0 unspecified atom stereocenters. The Labute approximate surface area is 213 Å². The second-order valence-electron chi connectivity index (χ2n) is 7.83. The molecule has 0 spiro atoms. The minimum Gasteiger partial charge on any atom is -0.432 e. The first-order chi connectivity index (χ1) is 17.2. The van der Waals surface area contributed by atoms with Crippen LogP contribution in [0.5, 0.6) is 5.75 Å². The quantitative estimate of drug-likeness (QED) is 0.482. The fraction of sp³-hybridized carbons (Fsp3) is 0.261. The van der Waals surface area contributed by atoms with Crippen molar-refractivity contribution in [3.8, 4) is 17.0 Å². The van der Waals surface area contributed by atoms with Crippen molar-refractivity contribution in [2.45, 2.75) is 6.61 Å². The first-order valence-electron chi connectivity index (χ1n) is 10.7. The number of amides is 2. The monoisotopic (exact) mass is 541 g/mol. The molecule has 1 aliphatic heterocycles. The molecule has 0 radical (unpaired) electrons. The van der Waals surface area contributed by atoms with Crippen molar-refractivity contribution in [2.75, 3.05) is 31.5 Å². The van der Waals surface area contributed by atoms with Crippen molar-refractivity contribution < 1.29 is 27.5 Å². The summed E-state index contributed by atoms with van der Waals surface area (Å²) in [7, 11) is 1.51. The van der Waals surface area contributed by atoms with Crippen LogP contribution in [0.25, 0.3) is 11.3 Å². The summed E-state index contributed by atoms with van der Waals surface area (Å²) in [6.07, 6.45) is 1.30. The molecule has 2 aromatic carbocycles. The average molecular weight is 542 g/mol. The van der Waals surface area contributed by atoms with Gasteiger partial charge < -0.3 is 24.8 Å². The molecule has 2 heterocycles. The Morgan fingerprint density at radius 3 is 2.56 bits per heavy atom. The van der Waals surface area contributed by atoms with E-state index in [4.69, 9.17) is 23.2 Å². The van der Waals surface area contributed by atoms with Gasteiger partial charge in [0.05, 0.1) is 27.5 Å². The molecule has 13 heteroatoms. The van der Waals surface area contributed by atoms with Crippen LogP contribution in [0.2, 0.25) is 10.0 Å². The first kappa shape index (κ1) is 25.8. The van der Waals surface area contributed by atoms with Crippen LogP contribution >= 0.6 is 23.2 Å². The summed E-state index contributed by atoms with van der Waals surface area (Å²) in [4.78, 5) is 31.3. The molecule has 8 nitrogen and oxygen atoms in total. The maximum Gasteiger partial charge on any atom is 0.387 e. The highest BCUT2D eigenvalue weighted by Gasteiger charge is 2.23. The number of carbonyl (C=O) groups is 2. The summed E-state index contributed by atoms with van der Waals surface area (Å²) >= 11 is 12.4. The van der Waals surface area contributed by atoms with Crippen LogP contribution in [0.15, 0.2) is 36.5 Å². The molecule has 0 saturated carbocycles. The van der Waals surface area contributed by atoms with Crippen LogP contribution in [-0.4, -0.2) is 59.1 Å². The molecule has 2 N–H and O–H groups in total. The summed E-state index contributed by atoms with van der Waals surface area (Å²) < 4.78 is 44.8. The van der Waals surface area contributed by atoms with Crippen LogP contribution in [0.1, 0.15) is 21.0 Å². The zero-order valence-electron chi connectivity index (χ0n) is 18.8. The summed E-state index contributed by atoms with van der Waals surface area (Å²) in [5, 5.41) is 5.55. The Bertz CT molecular complexity index is 1310. The number of anilines is 1. The molecule has 3 aromatic rings. The minimum atomic E-state index is -3.21.